The van der Waals surface area contributed by atoms with E-state index in [0.29, 0.717) is 13.2 Å². The van der Waals surface area contributed by atoms with Gasteiger partial charge in [-0.2, -0.15) is 0 Å². The molecule has 3 rings (SSSR count). The maximum absolute atomic E-state index is 9.62. The Labute approximate surface area is 163 Å². The van der Waals surface area contributed by atoms with Crippen LogP contribution in [0.3, 0.4) is 0 Å². The second-order valence-corrected chi connectivity index (χ2v) is 6.82. The number of halogens is 2. The van der Waals surface area contributed by atoms with Gasteiger partial charge in [-0.15, -0.1) is 0 Å². The van der Waals surface area contributed by atoms with E-state index in [4.69, 9.17) is 27.9 Å². The smallest absolute Gasteiger partial charge is 0.152 e. The zero-order valence-corrected chi connectivity index (χ0v) is 15.8. The molecule has 134 valence electrons. The van der Waals surface area contributed by atoms with Crippen molar-refractivity contribution in [2.45, 2.75) is 20.1 Å². The summed E-state index contributed by atoms with van der Waals surface area (Å²) in [4.78, 5) is 0. The molecule has 3 aromatic carbocycles. The van der Waals surface area contributed by atoms with Crippen LogP contribution in [-0.2, 0) is 13.2 Å². The van der Waals surface area contributed by atoms with E-state index in [1.165, 1.54) is 11.1 Å². The topological polar surface area (TPSA) is 41.5 Å². The van der Waals surface area contributed by atoms with E-state index < -0.39 is 0 Å². The second-order valence-electron chi connectivity index (χ2n) is 6.00. The van der Waals surface area contributed by atoms with Gasteiger partial charge in [-0.25, -0.2) is 0 Å². The molecule has 0 amide bonds. The summed E-state index contributed by atoms with van der Waals surface area (Å²) in [6.07, 6.45) is 0. The Morgan fingerprint density at radius 2 is 1.69 bits per heavy atom. The highest BCUT2D eigenvalue weighted by Gasteiger charge is 2.07. The Morgan fingerprint density at radius 1 is 0.962 bits per heavy atom. The summed E-state index contributed by atoms with van der Waals surface area (Å²) in [6.45, 7) is 3.19. The fourth-order valence-electron chi connectivity index (χ4n) is 2.55. The molecule has 0 unspecified atom stereocenters. The average Bonchev–Trinajstić information content (AvgIpc) is 2.64. The van der Waals surface area contributed by atoms with Crippen LogP contribution < -0.4 is 10.1 Å². The summed E-state index contributed by atoms with van der Waals surface area (Å²) in [6, 6.07) is 19.4. The van der Waals surface area contributed by atoms with E-state index in [1.807, 2.05) is 36.4 Å². The molecule has 0 aliphatic carbocycles. The lowest BCUT2D eigenvalue weighted by Gasteiger charge is -2.12. The lowest BCUT2D eigenvalue weighted by Crippen LogP contribution is -2.01. The van der Waals surface area contributed by atoms with Crippen molar-refractivity contribution in [1.29, 1.82) is 0 Å². The molecule has 2 N–H and O–H groups in total. The second kappa shape index (κ2) is 8.35. The SMILES string of the molecule is Cc1ccccc1COc1cccc(CNc2cc(Cl)c(O)c(Cl)c2)c1. The third-order valence-corrected chi connectivity index (χ3v) is 4.64. The molecule has 0 atom stereocenters. The number of ether oxygens (including phenoxy) is 1. The van der Waals surface area contributed by atoms with Gasteiger partial charge in [0.25, 0.3) is 0 Å². The molecule has 0 aliphatic rings. The Hall–Kier alpha value is -2.36. The zero-order valence-electron chi connectivity index (χ0n) is 14.3. The van der Waals surface area contributed by atoms with Crippen LogP contribution in [0.25, 0.3) is 0 Å². The molecule has 0 spiro atoms. The molecular formula is C21H19Cl2NO2. The van der Waals surface area contributed by atoms with Crippen LogP contribution in [0.15, 0.2) is 60.7 Å². The molecule has 3 aromatic rings. The molecule has 3 nitrogen and oxygen atoms in total. The van der Waals surface area contributed by atoms with E-state index in [0.717, 1.165) is 17.0 Å². The molecule has 0 fully saturated rings. The van der Waals surface area contributed by atoms with Gasteiger partial charge in [-0.1, -0.05) is 59.6 Å². The number of phenolic OH excluding ortho intramolecular Hbond substituents is 1. The first kappa shape index (κ1) is 18.4. The molecular weight excluding hydrogens is 369 g/mol. The van der Waals surface area contributed by atoms with Crippen LogP contribution in [0.5, 0.6) is 11.5 Å². The minimum absolute atomic E-state index is 0.106. The van der Waals surface area contributed by atoms with Crippen molar-refractivity contribution in [3.63, 3.8) is 0 Å². The zero-order chi connectivity index (χ0) is 18.5. The molecule has 0 heterocycles. The van der Waals surface area contributed by atoms with E-state index in [1.54, 1.807) is 12.1 Å². The van der Waals surface area contributed by atoms with Gasteiger partial charge in [0.05, 0.1) is 10.0 Å². The van der Waals surface area contributed by atoms with Crippen LogP contribution in [0, 0.1) is 6.92 Å². The number of aryl methyl sites for hydroxylation is 1. The van der Waals surface area contributed by atoms with Crippen molar-refractivity contribution in [2.75, 3.05) is 5.32 Å². The van der Waals surface area contributed by atoms with E-state index in [-0.39, 0.29) is 15.8 Å². The van der Waals surface area contributed by atoms with Crippen LogP contribution >= 0.6 is 23.2 Å². The van der Waals surface area contributed by atoms with Crippen LogP contribution in [0.1, 0.15) is 16.7 Å². The Morgan fingerprint density at radius 3 is 2.42 bits per heavy atom. The van der Waals surface area contributed by atoms with Gasteiger partial charge in [-0.05, 0) is 47.9 Å². The minimum atomic E-state index is -0.106. The lowest BCUT2D eigenvalue weighted by molar-refractivity contribution is 0.305. The maximum Gasteiger partial charge on any atom is 0.152 e. The molecule has 0 bridgehead atoms. The number of hydrogen-bond donors (Lipinski definition) is 2. The number of anilines is 1. The largest absolute Gasteiger partial charge is 0.505 e. The summed E-state index contributed by atoms with van der Waals surface area (Å²) in [7, 11) is 0. The fourth-order valence-corrected chi connectivity index (χ4v) is 3.04. The number of nitrogens with one attached hydrogen (secondary N) is 1. The van der Waals surface area contributed by atoms with Crippen molar-refractivity contribution in [1.82, 2.24) is 0 Å². The van der Waals surface area contributed by atoms with Crippen molar-refractivity contribution in [3.05, 3.63) is 87.4 Å². The van der Waals surface area contributed by atoms with Crippen LogP contribution in [0.4, 0.5) is 5.69 Å². The molecule has 26 heavy (non-hydrogen) atoms. The highest BCUT2D eigenvalue weighted by Crippen LogP contribution is 2.34. The number of aromatic hydroxyl groups is 1. The van der Waals surface area contributed by atoms with E-state index in [9.17, 15) is 5.11 Å². The van der Waals surface area contributed by atoms with Gasteiger partial charge >= 0.3 is 0 Å². The fraction of sp³-hybridized carbons (Fsp3) is 0.143. The molecule has 0 aliphatic heterocycles. The molecule has 0 radical (unpaired) electrons. The van der Waals surface area contributed by atoms with Gasteiger partial charge in [0, 0.05) is 12.2 Å². The monoisotopic (exact) mass is 387 g/mol. The summed E-state index contributed by atoms with van der Waals surface area (Å²) in [5.74, 6) is 0.708. The number of hydrogen-bond acceptors (Lipinski definition) is 3. The first-order chi connectivity index (χ1) is 12.5. The predicted molar refractivity (Wildman–Crippen MR) is 107 cm³/mol. The van der Waals surface area contributed by atoms with Gasteiger partial charge < -0.3 is 15.2 Å². The van der Waals surface area contributed by atoms with Gasteiger partial charge in [0.15, 0.2) is 5.75 Å². The minimum Gasteiger partial charge on any atom is -0.505 e. The molecule has 0 saturated carbocycles. The highest BCUT2D eigenvalue weighted by molar-refractivity contribution is 6.37. The third-order valence-electron chi connectivity index (χ3n) is 4.07. The van der Waals surface area contributed by atoms with Crippen molar-refractivity contribution in [2.24, 2.45) is 0 Å². The van der Waals surface area contributed by atoms with Gasteiger partial charge in [-0.3, -0.25) is 0 Å². The van der Waals surface area contributed by atoms with Crippen LogP contribution in [0.2, 0.25) is 10.0 Å². The lowest BCUT2D eigenvalue weighted by atomic mass is 10.1. The standard InChI is InChI=1S/C21H19Cl2NO2/c1-14-5-2-3-7-16(14)13-26-18-8-4-6-15(9-18)12-24-17-10-19(22)21(25)20(23)11-17/h2-11,24-25H,12-13H2,1H3. The first-order valence-corrected chi connectivity index (χ1v) is 8.96. The van der Waals surface area contributed by atoms with E-state index in [2.05, 4.69) is 24.4 Å². The van der Waals surface area contributed by atoms with Crippen molar-refractivity contribution < 1.29 is 9.84 Å². The van der Waals surface area contributed by atoms with Gasteiger partial charge in [0.2, 0.25) is 0 Å². The molecule has 0 aromatic heterocycles. The summed E-state index contributed by atoms with van der Waals surface area (Å²) >= 11 is 11.9. The number of benzene rings is 3. The van der Waals surface area contributed by atoms with Crippen molar-refractivity contribution >= 4 is 28.9 Å². The summed E-state index contributed by atoms with van der Waals surface area (Å²) in [5, 5.41) is 13.3. The van der Waals surface area contributed by atoms with Gasteiger partial charge in [0.1, 0.15) is 12.4 Å². The Kier molecular flexibility index (Phi) is 5.92. The summed E-state index contributed by atoms with van der Waals surface area (Å²) < 4.78 is 5.92. The Bertz CT molecular complexity index is 889. The average molecular weight is 388 g/mol. The number of phenols is 1. The van der Waals surface area contributed by atoms with Crippen LogP contribution in [-0.4, -0.2) is 5.11 Å². The molecule has 0 saturated heterocycles. The normalized spacial score (nSPS) is 10.6. The first-order valence-electron chi connectivity index (χ1n) is 8.21. The third kappa shape index (κ3) is 4.63. The highest BCUT2D eigenvalue weighted by atomic mass is 35.5. The maximum atomic E-state index is 9.62. The quantitative estimate of drug-likeness (QED) is 0.494. The Balaban J connectivity index is 1.63. The van der Waals surface area contributed by atoms with Crippen molar-refractivity contribution in [3.8, 4) is 11.5 Å². The number of rotatable bonds is 6. The summed E-state index contributed by atoms with van der Waals surface area (Å²) in [5.41, 5.74) is 4.19. The molecule has 5 heteroatoms. The predicted octanol–water partition coefficient (Wildman–Crippen LogP) is 6.20. The van der Waals surface area contributed by atoms with E-state index >= 15 is 0 Å².